The Balaban J connectivity index is 2.04. The molecule has 2 aliphatic rings. The summed E-state index contributed by atoms with van der Waals surface area (Å²) >= 11 is 0. The maximum Gasteiger partial charge on any atom is 0.472 e. The van der Waals surface area contributed by atoms with Gasteiger partial charge in [0.05, 0.1) is 31.0 Å². The van der Waals surface area contributed by atoms with E-state index in [9.17, 15) is 59.6 Å². The van der Waals surface area contributed by atoms with Crippen molar-refractivity contribution >= 4 is 25.5 Å². The van der Waals surface area contributed by atoms with Crippen molar-refractivity contribution in [1.82, 2.24) is 0 Å². The third kappa shape index (κ3) is 26.0. The highest BCUT2D eigenvalue weighted by atomic mass is 31.2. The standard InChI is InChI=1S/C51H87O16P/c1-3-5-7-8-9-10-11-12-13-14-15-16-17-18-19-20-21-22-27-31-44(55)64-36-39-37-65-68(62,63)67-51-49(60)47(58)41(34-33-38(52)29-25-6-4-2)43(54)35-42(53)40(46(57)48(59)50(51)61)30-26-23-24-28-32-45(56)66-39/h9-10,12-13,23,26,33-34,38-41,43,46-52,54,57-61H,3-8,11,14-22,24-25,27-32,35-37H2,1-2H3,(H,62,63)/b10-9-,13-12-,26-23-,34-33+/t38-,39+,40-,41-,43+,46+,47+,48-,49+,50+,51+/m0/s1. The maximum atomic E-state index is 13.6. The van der Waals surface area contributed by atoms with Gasteiger partial charge in [-0.25, -0.2) is 4.57 Å². The van der Waals surface area contributed by atoms with Gasteiger partial charge in [-0.2, -0.15) is 0 Å². The van der Waals surface area contributed by atoms with E-state index in [1.54, 1.807) is 6.08 Å². The minimum Gasteiger partial charge on any atom is -0.462 e. The molecular formula is C51H87O16P. The van der Waals surface area contributed by atoms with Gasteiger partial charge in [-0.3, -0.25) is 23.4 Å². The van der Waals surface area contributed by atoms with E-state index in [0.717, 1.165) is 51.4 Å². The minimum atomic E-state index is -5.46. The molecule has 0 aromatic carbocycles. The van der Waals surface area contributed by atoms with Crippen molar-refractivity contribution in [3.8, 4) is 0 Å². The van der Waals surface area contributed by atoms with Gasteiger partial charge in [0.1, 0.15) is 36.8 Å². The number of carbonyl (C=O) groups excluding carboxylic acids is 3. The predicted octanol–water partition coefficient (Wildman–Crippen LogP) is 7.32. The Kier molecular flexibility index (Phi) is 32.9. The lowest BCUT2D eigenvalue weighted by molar-refractivity contribution is -0.166. The van der Waals surface area contributed by atoms with Crippen LogP contribution in [0.25, 0.3) is 0 Å². The molecule has 1 saturated carbocycles. The molecule has 8 N–H and O–H groups in total. The molecule has 0 saturated heterocycles. The first-order chi connectivity index (χ1) is 32.6. The van der Waals surface area contributed by atoms with Crippen LogP contribution in [0.2, 0.25) is 0 Å². The fraction of sp³-hybridized carbons (Fsp3) is 0.784. The topological polar surface area (TPSA) is 267 Å². The second-order valence-corrected chi connectivity index (χ2v) is 19.9. The molecule has 0 spiro atoms. The zero-order valence-electron chi connectivity index (χ0n) is 40.9. The van der Waals surface area contributed by atoms with E-state index < -0.39 is 112 Å². The van der Waals surface area contributed by atoms with Gasteiger partial charge >= 0.3 is 19.8 Å². The lowest BCUT2D eigenvalue weighted by atomic mass is 9.84. The minimum absolute atomic E-state index is 0.0980. The zero-order chi connectivity index (χ0) is 50.2. The number of aliphatic hydroxyl groups is 7. The molecule has 392 valence electrons. The van der Waals surface area contributed by atoms with Gasteiger partial charge in [0.2, 0.25) is 0 Å². The number of unbranched alkanes of at least 4 members (excludes halogenated alkanes) is 14. The number of fused-ring (bicyclic) bond motifs is 4. The van der Waals surface area contributed by atoms with Crippen molar-refractivity contribution in [1.29, 1.82) is 0 Å². The Morgan fingerprint density at radius 1 is 0.779 bits per heavy atom. The maximum absolute atomic E-state index is 13.6. The highest BCUT2D eigenvalue weighted by Gasteiger charge is 2.49. The first kappa shape index (κ1) is 61.5. The number of esters is 2. The predicted molar refractivity (Wildman–Crippen MR) is 259 cm³/mol. The highest BCUT2D eigenvalue weighted by Crippen LogP contribution is 2.47. The summed E-state index contributed by atoms with van der Waals surface area (Å²) in [5.74, 6) is -5.06. The number of phosphoric ester groups is 1. The van der Waals surface area contributed by atoms with Crippen LogP contribution in [-0.4, -0.2) is 127 Å². The molecule has 17 heteroatoms. The fourth-order valence-electron chi connectivity index (χ4n) is 8.26. The van der Waals surface area contributed by atoms with Crippen molar-refractivity contribution in [2.75, 3.05) is 13.2 Å². The first-order valence-corrected chi connectivity index (χ1v) is 27.0. The van der Waals surface area contributed by atoms with E-state index in [2.05, 4.69) is 31.2 Å². The van der Waals surface area contributed by atoms with E-state index in [1.807, 2.05) is 6.92 Å². The summed E-state index contributed by atoms with van der Waals surface area (Å²) in [4.78, 5) is 50.1. The highest BCUT2D eigenvalue weighted by molar-refractivity contribution is 7.47. The van der Waals surface area contributed by atoms with Crippen LogP contribution in [0.5, 0.6) is 0 Å². The first-order valence-electron chi connectivity index (χ1n) is 25.5. The number of ketones is 1. The van der Waals surface area contributed by atoms with Gasteiger partial charge in [-0.05, 0) is 64.2 Å². The summed E-state index contributed by atoms with van der Waals surface area (Å²) in [6.07, 6.45) is 15.5. The molecule has 1 heterocycles. The Morgan fingerprint density at radius 2 is 1.38 bits per heavy atom. The Labute approximate surface area is 405 Å². The second-order valence-electron chi connectivity index (χ2n) is 18.4. The number of ether oxygens (including phenoxy) is 2. The lowest BCUT2D eigenvalue weighted by Gasteiger charge is -2.36. The molecule has 0 radical (unpaired) electrons. The van der Waals surface area contributed by atoms with Crippen LogP contribution >= 0.6 is 7.82 Å². The molecule has 0 amide bonds. The van der Waals surface area contributed by atoms with Crippen molar-refractivity contribution in [3.05, 3.63) is 48.6 Å². The second kappa shape index (κ2) is 36.3. The van der Waals surface area contributed by atoms with Gasteiger partial charge in [-0.15, -0.1) is 0 Å². The van der Waals surface area contributed by atoms with Crippen LogP contribution in [-0.2, 0) is 37.5 Å². The number of rotatable bonds is 26. The average molecular weight is 987 g/mol. The molecule has 12 atom stereocenters. The monoisotopic (exact) mass is 987 g/mol. The Morgan fingerprint density at radius 3 is 2.04 bits per heavy atom. The van der Waals surface area contributed by atoms with Crippen molar-refractivity contribution in [2.24, 2.45) is 11.8 Å². The van der Waals surface area contributed by atoms with Crippen molar-refractivity contribution < 1.29 is 78.1 Å². The fourth-order valence-corrected chi connectivity index (χ4v) is 9.23. The van der Waals surface area contributed by atoms with Crippen LogP contribution in [0, 0.1) is 11.8 Å². The third-order valence-corrected chi connectivity index (χ3v) is 13.5. The van der Waals surface area contributed by atoms with Crippen LogP contribution < -0.4 is 0 Å². The van der Waals surface area contributed by atoms with Gasteiger partial charge in [-0.1, -0.05) is 140 Å². The van der Waals surface area contributed by atoms with Crippen LogP contribution in [0.4, 0.5) is 0 Å². The van der Waals surface area contributed by atoms with Crippen molar-refractivity contribution in [2.45, 2.75) is 229 Å². The molecule has 16 nitrogen and oxygen atoms in total. The SMILES string of the molecule is CCCCC/C=C\C/C=C\CCCCCCCCCCCC(=O)OC[C@@H]1COP(=O)(O)O[C@H]2[C@H](O)[C@@H](O)[C@H](O)[C@@H](C/C=C\CCCC(=O)O1)C(=O)C[C@@H](O)[C@H](/C=C/[C@@H](O)CCCCC)[C@@H](O)[C@H]2O. The van der Waals surface area contributed by atoms with E-state index in [4.69, 9.17) is 18.5 Å². The normalized spacial score (nSPS) is 30.6. The summed E-state index contributed by atoms with van der Waals surface area (Å²) in [7, 11) is -5.46. The quantitative estimate of drug-likeness (QED) is 0.0183. The number of carbonyl (C=O) groups is 3. The Bertz CT molecular complexity index is 1550. The average Bonchev–Trinajstić information content (AvgIpc) is 3.31. The van der Waals surface area contributed by atoms with Gasteiger partial charge in [0.25, 0.3) is 0 Å². The molecule has 0 aromatic heterocycles. The third-order valence-electron chi connectivity index (χ3n) is 12.5. The number of cyclic esters (lactones) is 1. The number of phosphoric acid groups is 1. The summed E-state index contributed by atoms with van der Waals surface area (Å²) < 4.78 is 34.7. The van der Waals surface area contributed by atoms with Crippen LogP contribution in [0.15, 0.2) is 48.6 Å². The van der Waals surface area contributed by atoms with Crippen molar-refractivity contribution in [3.63, 3.8) is 0 Å². The lowest BCUT2D eigenvalue weighted by Crippen LogP contribution is -2.55. The van der Waals surface area contributed by atoms with E-state index >= 15 is 0 Å². The largest absolute Gasteiger partial charge is 0.472 e. The smallest absolute Gasteiger partial charge is 0.462 e. The van der Waals surface area contributed by atoms with Gasteiger partial charge in [0.15, 0.2) is 6.10 Å². The molecule has 2 bridgehead atoms. The van der Waals surface area contributed by atoms with E-state index in [-0.39, 0.29) is 25.7 Å². The molecule has 68 heavy (non-hydrogen) atoms. The van der Waals surface area contributed by atoms with E-state index in [0.29, 0.717) is 25.7 Å². The zero-order valence-corrected chi connectivity index (χ0v) is 41.7. The number of aliphatic hydroxyl groups excluding tert-OH is 7. The molecule has 1 aliphatic heterocycles. The van der Waals surface area contributed by atoms with E-state index in [1.165, 1.54) is 69.6 Å². The molecule has 2 rings (SSSR count). The number of Topliss-reactive ketones (excluding diaryl/α,β-unsaturated/α-hetero) is 1. The summed E-state index contributed by atoms with van der Waals surface area (Å²) in [6.45, 7) is 2.79. The number of hydrogen-bond acceptors (Lipinski definition) is 15. The van der Waals surface area contributed by atoms with Gasteiger partial charge in [0, 0.05) is 31.1 Å². The molecule has 1 aliphatic carbocycles. The molecular weight excluding hydrogens is 900 g/mol. The molecule has 1 fully saturated rings. The Hall–Kier alpha value is -2.60. The summed E-state index contributed by atoms with van der Waals surface area (Å²) in [5.41, 5.74) is 0. The van der Waals surface area contributed by atoms with Crippen LogP contribution in [0.1, 0.15) is 174 Å². The van der Waals surface area contributed by atoms with Gasteiger partial charge < -0.3 is 50.1 Å². The number of allylic oxidation sites excluding steroid dienone is 6. The molecule has 1 unspecified atom stereocenters. The summed E-state index contributed by atoms with van der Waals surface area (Å²) in [6, 6.07) is 0. The number of hydrogen-bond donors (Lipinski definition) is 8. The van der Waals surface area contributed by atoms with Crippen LogP contribution in [0.3, 0.4) is 0 Å². The summed E-state index contributed by atoms with van der Waals surface area (Å²) in [5, 5.41) is 78.5. The molecule has 0 aromatic rings.